The number of ether oxygens (including phenoxy) is 2. The van der Waals surface area contributed by atoms with E-state index in [2.05, 4.69) is 4.72 Å². The van der Waals surface area contributed by atoms with Crippen LogP contribution in [0.25, 0.3) is 5.03 Å². The van der Waals surface area contributed by atoms with Gasteiger partial charge in [0, 0.05) is 12.1 Å². The van der Waals surface area contributed by atoms with E-state index in [1.807, 2.05) is 0 Å². The van der Waals surface area contributed by atoms with Gasteiger partial charge < -0.3 is 9.47 Å². The first-order chi connectivity index (χ1) is 11.8. The Morgan fingerprint density at radius 3 is 2.16 bits per heavy atom. The standard InChI is InChI=1S/C16H14Cl2FNO4S/c1-23-13-8-11(19)12(9-14(13)24-2)20-25(21,22)16(18)15(17)10-6-4-3-5-7-10/h3-9,20H,1-2H3/b16-15-. The molecule has 25 heavy (non-hydrogen) atoms. The summed E-state index contributed by atoms with van der Waals surface area (Å²) in [4.78, 5) is 0. The predicted octanol–water partition coefficient (Wildman–Crippen LogP) is 4.39. The van der Waals surface area contributed by atoms with Crippen LogP contribution in [0.2, 0.25) is 0 Å². The molecule has 0 amide bonds. The summed E-state index contributed by atoms with van der Waals surface area (Å²) >= 11 is 12.0. The average Bonchev–Trinajstić information content (AvgIpc) is 2.62. The van der Waals surface area contributed by atoms with E-state index in [0.29, 0.717) is 5.56 Å². The first kappa shape index (κ1) is 19.4. The van der Waals surface area contributed by atoms with E-state index in [-0.39, 0.29) is 22.2 Å². The molecule has 0 aliphatic rings. The number of sulfonamides is 1. The van der Waals surface area contributed by atoms with Gasteiger partial charge in [-0.15, -0.1) is 0 Å². The Balaban J connectivity index is 2.42. The first-order valence-corrected chi connectivity index (χ1v) is 9.09. The average molecular weight is 406 g/mol. The summed E-state index contributed by atoms with van der Waals surface area (Å²) in [6, 6.07) is 10.4. The van der Waals surface area contributed by atoms with Crippen LogP contribution < -0.4 is 14.2 Å². The third-order valence-electron chi connectivity index (χ3n) is 3.15. The highest BCUT2D eigenvalue weighted by molar-refractivity contribution is 7.98. The Morgan fingerprint density at radius 1 is 1.04 bits per heavy atom. The molecule has 0 saturated heterocycles. The van der Waals surface area contributed by atoms with Crippen LogP contribution in [0.1, 0.15) is 5.56 Å². The lowest BCUT2D eigenvalue weighted by Crippen LogP contribution is -2.14. The molecule has 0 saturated carbocycles. The van der Waals surface area contributed by atoms with Crippen molar-refractivity contribution in [2.75, 3.05) is 18.9 Å². The minimum absolute atomic E-state index is 0.118. The highest BCUT2D eigenvalue weighted by Gasteiger charge is 2.23. The van der Waals surface area contributed by atoms with Gasteiger partial charge >= 0.3 is 0 Å². The minimum Gasteiger partial charge on any atom is -0.493 e. The molecule has 0 fully saturated rings. The topological polar surface area (TPSA) is 64.6 Å². The van der Waals surface area contributed by atoms with Crippen LogP contribution in [0.5, 0.6) is 11.5 Å². The van der Waals surface area contributed by atoms with Crippen molar-refractivity contribution in [1.29, 1.82) is 0 Å². The zero-order valence-corrected chi connectivity index (χ0v) is 15.5. The summed E-state index contributed by atoms with van der Waals surface area (Å²) in [6.07, 6.45) is 0. The fourth-order valence-corrected chi connectivity index (χ4v) is 3.48. The van der Waals surface area contributed by atoms with E-state index < -0.39 is 20.2 Å². The van der Waals surface area contributed by atoms with Crippen molar-refractivity contribution in [2.24, 2.45) is 0 Å². The number of methoxy groups -OCH3 is 2. The van der Waals surface area contributed by atoms with Gasteiger partial charge in [-0.1, -0.05) is 53.5 Å². The maximum atomic E-state index is 14.1. The minimum atomic E-state index is -4.30. The molecule has 134 valence electrons. The molecule has 0 heterocycles. The van der Waals surface area contributed by atoms with Gasteiger partial charge in [-0.2, -0.15) is 0 Å². The molecular weight excluding hydrogens is 392 g/mol. The highest BCUT2D eigenvalue weighted by atomic mass is 35.5. The van der Waals surface area contributed by atoms with Crippen LogP contribution in [-0.4, -0.2) is 22.6 Å². The Morgan fingerprint density at radius 2 is 1.60 bits per heavy atom. The first-order valence-electron chi connectivity index (χ1n) is 6.85. The van der Waals surface area contributed by atoms with E-state index in [1.165, 1.54) is 14.2 Å². The van der Waals surface area contributed by atoms with Gasteiger partial charge in [0.05, 0.1) is 24.9 Å². The molecule has 0 aliphatic carbocycles. The van der Waals surface area contributed by atoms with E-state index in [9.17, 15) is 12.8 Å². The lowest BCUT2D eigenvalue weighted by atomic mass is 10.2. The van der Waals surface area contributed by atoms with Gasteiger partial charge in [0.2, 0.25) is 0 Å². The van der Waals surface area contributed by atoms with Crippen LogP contribution in [0.3, 0.4) is 0 Å². The van der Waals surface area contributed by atoms with Crippen LogP contribution in [0.15, 0.2) is 46.8 Å². The smallest absolute Gasteiger partial charge is 0.274 e. The molecule has 0 radical (unpaired) electrons. The molecular formula is C16H14Cl2FNO4S. The van der Waals surface area contributed by atoms with Gasteiger partial charge in [0.25, 0.3) is 10.0 Å². The molecule has 0 bridgehead atoms. The Hall–Kier alpha value is -1.96. The van der Waals surface area contributed by atoms with Crippen LogP contribution >= 0.6 is 23.2 Å². The lowest BCUT2D eigenvalue weighted by Gasteiger charge is -2.13. The molecule has 0 aromatic heterocycles. The second-order valence-corrected chi connectivity index (χ2v) is 7.35. The van der Waals surface area contributed by atoms with Crippen molar-refractivity contribution >= 4 is 43.9 Å². The quantitative estimate of drug-likeness (QED) is 0.773. The number of benzene rings is 2. The van der Waals surface area contributed by atoms with Gasteiger partial charge in [-0.05, 0) is 5.56 Å². The van der Waals surface area contributed by atoms with Crippen molar-refractivity contribution in [2.45, 2.75) is 0 Å². The molecule has 0 aliphatic heterocycles. The SMILES string of the molecule is COc1cc(F)c(NS(=O)(=O)/C(Cl)=C(\Cl)c2ccccc2)cc1OC. The fourth-order valence-electron chi connectivity index (χ4n) is 1.94. The number of rotatable bonds is 6. The number of anilines is 1. The maximum absolute atomic E-state index is 14.1. The van der Waals surface area contributed by atoms with Crippen LogP contribution in [-0.2, 0) is 10.0 Å². The van der Waals surface area contributed by atoms with Gasteiger partial charge in [0.1, 0.15) is 0 Å². The van der Waals surface area contributed by atoms with E-state index in [1.54, 1.807) is 30.3 Å². The summed E-state index contributed by atoms with van der Waals surface area (Å²) in [6.45, 7) is 0. The van der Waals surface area contributed by atoms with Gasteiger partial charge in [0.15, 0.2) is 21.7 Å². The summed E-state index contributed by atoms with van der Waals surface area (Å²) < 4.78 is 50.3. The third-order valence-corrected chi connectivity index (χ3v) is 5.73. The summed E-state index contributed by atoms with van der Waals surface area (Å²) in [7, 11) is -1.63. The fraction of sp³-hybridized carbons (Fsp3) is 0.125. The molecule has 5 nitrogen and oxygen atoms in total. The molecule has 0 unspecified atom stereocenters. The Bertz CT molecular complexity index is 902. The second-order valence-electron chi connectivity index (χ2n) is 4.75. The largest absolute Gasteiger partial charge is 0.493 e. The molecule has 2 aromatic rings. The summed E-state index contributed by atoms with van der Waals surface area (Å²) in [5.74, 6) is -0.593. The summed E-state index contributed by atoms with van der Waals surface area (Å²) in [5, 5.41) is -0.185. The number of halogens is 3. The maximum Gasteiger partial charge on any atom is 0.274 e. The molecule has 0 spiro atoms. The normalized spacial score (nSPS) is 12.4. The molecule has 1 N–H and O–H groups in total. The predicted molar refractivity (Wildman–Crippen MR) is 97.1 cm³/mol. The Labute approximate surface area is 155 Å². The van der Waals surface area contributed by atoms with Gasteiger partial charge in [-0.25, -0.2) is 12.8 Å². The number of hydrogen-bond donors (Lipinski definition) is 1. The zero-order valence-electron chi connectivity index (χ0n) is 13.2. The molecule has 9 heteroatoms. The molecule has 0 atom stereocenters. The highest BCUT2D eigenvalue weighted by Crippen LogP contribution is 2.35. The van der Waals surface area contributed by atoms with Crippen molar-refractivity contribution in [3.63, 3.8) is 0 Å². The van der Waals surface area contributed by atoms with Gasteiger partial charge in [-0.3, -0.25) is 4.72 Å². The van der Waals surface area contributed by atoms with Crippen molar-refractivity contribution in [3.05, 3.63) is 58.2 Å². The number of nitrogens with one attached hydrogen (secondary N) is 1. The van der Waals surface area contributed by atoms with Crippen LogP contribution in [0.4, 0.5) is 10.1 Å². The number of hydrogen-bond acceptors (Lipinski definition) is 4. The second kappa shape index (κ2) is 7.95. The van der Waals surface area contributed by atoms with E-state index in [0.717, 1.165) is 12.1 Å². The summed E-state index contributed by atoms with van der Waals surface area (Å²) in [5.41, 5.74) is 0.0562. The lowest BCUT2D eigenvalue weighted by molar-refractivity contribution is 0.353. The molecule has 2 rings (SSSR count). The van der Waals surface area contributed by atoms with Crippen molar-refractivity contribution < 1.29 is 22.3 Å². The van der Waals surface area contributed by atoms with Crippen molar-refractivity contribution in [3.8, 4) is 11.5 Å². The van der Waals surface area contributed by atoms with E-state index in [4.69, 9.17) is 32.7 Å². The monoisotopic (exact) mass is 405 g/mol. The Kier molecular flexibility index (Phi) is 6.16. The zero-order chi connectivity index (χ0) is 18.6. The van der Waals surface area contributed by atoms with Crippen molar-refractivity contribution in [1.82, 2.24) is 0 Å². The van der Waals surface area contributed by atoms with Crippen LogP contribution in [0, 0.1) is 5.82 Å². The van der Waals surface area contributed by atoms with E-state index >= 15 is 0 Å². The third kappa shape index (κ3) is 4.36. The molecule has 2 aromatic carbocycles.